The number of nitrogens with zero attached hydrogens (tertiary/aromatic N) is 2. The van der Waals surface area contributed by atoms with Crippen LogP contribution in [-0.2, 0) is 22.7 Å². The molecule has 1 rings (SSSR count). The molecule has 6 nitrogen and oxygen atoms in total. The fourth-order valence-electron chi connectivity index (χ4n) is 4.31. The van der Waals surface area contributed by atoms with Crippen LogP contribution in [0, 0.1) is 6.92 Å². The average Bonchev–Trinajstić information content (AvgIpc) is 3.17. The van der Waals surface area contributed by atoms with Gasteiger partial charge in [-0.25, -0.2) is 9.13 Å². The van der Waals surface area contributed by atoms with E-state index in [1.165, 1.54) is 64.2 Å². The lowest BCUT2D eigenvalue weighted by Gasteiger charge is -2.06. The maximum Gasteiger partial charge on any atom is 0.253 e. The molecule has 0 radical (unpaired) electrons. The number of halogens is 1. The minimum absolute atomic E-state index is 0. The van der Waals surface area contributed by atoms with Crippen LogP contribution < -0.4 is 27.6 Å². The number of nitrogens with one attached hydrogen (secondary N) is 2. The van der Waals surface area contributed by atoms with Crippen molar-refractivity contribution in [3.63, 3.8) is 0 Å². The third kappa shape index (κ3) is 17.5. The molecule has 0 saturated heterocycles. The van der Waals surface area contributed by atoms with Gasteiger partial charge in [-0.1, -0.05) is 90.9 Å². The van der Waals surface area contributed by atoms with Crippen LogP contribution in [0.3, 0.4) is 0 Å². The lowest BCUT2D eigenvalue weighted by Crippen LogP contribution is -3.00. The van der Waals surface area contributed by atoms with E-state index in [0.29, 0.717) is 25.9 Å². The van der Waals surface area contributed by atoms with Gasteiger partial charge in [-0.15, -0.1) is 0 Å². The molecular formula is C28H53ClN4O2. The first-order valence-corrected chi connectivity index (χ1v) is 14.2. The third-order valence-corrected chi connectivity index (χ3v) is 6.62. The predicted octanol–water partition coefficient (Wildman–Crippen LogP) is 2.60. The van der Waals surface area contributed by atoms with Gasteiger partial charge in [0.15, 0.2) is 0 Å². The van der Waals surface area contributed by atoms with E-state index in [0.717, 1.165) is 44.6 Å². The second-order valence-corrected chi connectivity index (χ2v) is 9.67. The molecule has 1 aromatic heterocycles. The first kappa shape index (κ1) is 33.4. The second-order valence-electron chi connectivity index (χ2n) is 9.67. The molecule has 0 aromatic carbocycles. The lowest BCUT2D eigenvalue weighted by atomic mass is 10.1. The fourth-order valence-corrected chi connectivity index (χ4v) is 4.31. The van der Waals surface area contributed by atoms with E-state index in [1.54, 1.807) is 0 Å². The highest BCUT2D eigenvalue weighted by Gasteiger charge is 2.12. The van der Waals surface area contributed by atoms with Crippen molar-refractivity contribution in [3.8, 4) is 0 Å². The van der Waals surface area contributed by atoms with Crippen molar-refractivity contribution in [2.75, 3.05) is 13.1 Å². The van der Waals surface area contributed by atoms with Crippen LogP contribution in [0.1, 0.15) is 122 Å². The van der Waals surface area contributed by atoms with Gasteiger partial charge in [0, 0.05) is 19.8 Å². The highest BCUT2D eigenvalue weighted by molar-refractivity contribution is 5.76. The first-order valence-electron chi connectivity index (χ1n) is 14.2. The highest BCUT2D eigenvalue weighted by Crippen LogP contribution is 2.09. The summed E-state index contributed by atoms with van der Waals surface area (Å²) in [5.41, 5.74) is 0. The Balaban J connectivity index is 0.0000116. The summed E-state index contributed by atoms with van der Waals surface area (Å²) in [5.74, 6) is 1.47. The van der Waals surface area contributed by atoms with Crippen LogP contribution in [0.4, 0.5) is 0 Å². The largest absolute Gasteiger partial charge is 1.00 e. The van der Waals surface area contributed by atoms with E-state index in [2.05, 4.69) is 52.9 Å². The molecular weight excluding hydrogens is 460 g/mol. The van der Waals surface area contributed by atoms with Gasteiger partial charge in [0.2, 0.25) is 11.8 Å². The molecule has 2 amide bonds. The van der Waals surface area contributed by atoms with Gasteiger partial charge < -0.3 is 23.0 Å². The van der Waals surface area contributed by atoms with Gasteiger partial charge in [0.25, 0.3) is 5.82 Å². The molecule has 0 spiro atoms. The number of hydrogen-bond acceptors (Lipinski definition) is 2. The van der Waals surface area contributed by atoms with Crippen molar-refractivity contribution in [2.24, 2.45) is 0 Å². The second kappa shape index (κ2) is 22.9. The summed E-state index contributed by atoms with van der Waals surface area (Å²) in [6, 6.07) is 0. The molecule has 1 heterocycles. The van der Waals surface area contributed by atoms with E-state index < -0.39 is 0 Å². The Morgan fingerprint density at radius 1 is 0.743 bits per heavy atom. The third-order valence-electron chi connectivity index (χ3n) is 6.62. The number of amides is 2. The topological polar surface area (TPSA) is 67.0 Å². The number of unbranched alkanes of at least 4 members (excludes halogenated alkanes) is 12. The lowest BCUT2D eigenvalue weighted by molar-refractivity contribution is -0.700. The molecule has 0 bridgehead atoms. The number of carbonyl (C=O) groups excluding carboxylic acids is 2. The molecule has 1 aromatic rings. The molecule has 7 heteroatoms. The zero-order valence-electron chi connectivity index (χ0n) is 22.9. The summed E-state index contributed by atoms with van der Waals surface area (Å²) in [6.45, 7) is 9.40. The summed E-state index contributed by atoms with van der Waals surface area (Å²) >= 11 is 0. The first-order chi connectivity index (χ1) is 16.6. The Bertz CT molecular complexity index is 610. The average molecular weight is 513 g/mol. The summed E-state index contributed by atoms with van der Waals surface area (Å²) < 4.78 is 4.32. The zero-order chi connectivity index (χ0) is 24.9. The predicted molar refractivity (Wildman–Crippen MR) is 141 cm³/mol. The standard InChI is InChI=1S/C28H52N4O2.ClH/c1-4-6-8-10-12-14-16-18-27(33)29-20-22-31-24-25-32(26(31)3)23-21-30-28(34)19-17-15-13-11-9-7-5-2;/h24-25H,4-23H2,1-3H3,(H-,29,30,33,34);1H. The molecule has 0 aliphatic heterocycles. The van der Waals surface area contributed by atoms with Crippen molar-refractivity contribution in [3.05, 3.63) is 18.2 Å². The molecule has 35 heavy (non-hydrogen) atoms. The fraction of sp³-hybridized carbons (Fsp3) is 0.821. The molecule has 2 N–H and O–H groups in total. The maximum absolute atomic E-state index is 12.1. The monoisotopic (exact) mass is 512 g/mol. The van der Waals surface area contributed by atoms with Crippen molar-refractivity contribution < 1.29 is 26.6 Å². The molecule has 0 unspecified atom stereocenters. The number of rotatable bonds is 22. The molecule has 204 valence electrons. The molecule has 0 aliphatic rings. The summed E-state index contributed by atoms with van der Waals surface area (Å²) in [7, 11) is 0. The maximum atomic E-state index is 12.1. The Hall–Kier alpha value is -1.56. The van der Waals surface area contributed by atoms with Crippen LogP contribution in [-0.4, -0.2) is 29.5 Å². The highest BCUT2D eigenvalue weighted by atomic mass is 35.5. The number of hydrogen-bond donors (Lipinski definition) is 2. The van der Waals surface area contributed by atoms with Gasteiger partial charge in [0.1, 0.15) is 25.5 Å². The van der Waals surface area contributed by atoms with E-state index in [4.69, 9.17) is 0 Å². The van der Waals surface area contributed by atoms with Gasteiger partial charge in [-0.2, -0.15) is 0 Å². The van der Waals surface area contributed by atoms with E-state index in [9.17, 15) is 9.59 Å². The Labute approximate surface area is 221 Å². The molecule has 0 atom stereocenters. The van der Waals surface area contributed by atoms with Crippen molar-refractivity contribution in [1.29, 1.82) is 0 Å². The Kier molecular flexibility index (Phi) is 21.9. The van der Waals surface area contributed by atoms with E-state index >= 15 is 0 Å². The minimum Gasteiger partial charge on any atom is -1.00 e. The van der Waals surface area contributed by atoms with Crippen molar-refractivity contribution in [2.45, 2.75) is 137 Å². The van der Waals surface area contributed by atoms with Gasteiger partial charge in [-0.3, -0.25) is 9.59 Å². The Morgan fingerprint density at radius 2 is 1.20 bits per heavy atom. The van der Waals surface area contributed by atoms with Crippen LogP contribution >= 0.6 is 0 Å². The minimum atomic E-state index is 0. The number of aromatic nitrogens is 2. The van der Waals surface area contributed by atoms with Crippen LogP contribution in [0.2, 0.25) is 0 Å². The SMILES string of the molecule is CCCCCCCCCC(=O)NCCn1cc[n+](CCNC(=O)CCCCCCCCC)c1C.[Cl-]. The summed E-state index contributed by atoms with van der Waals surface area (Å²) in [6.07, 6.45) is 22.6. The molecule has 0 aliphatic carbocycles. The van der Waals surface area contributed by atoms with Gasteiger partial charge in [0.05, 0.1) is 13.1 Å². The normalized spacial score (nSPS) is 10.7. The smallest absolute Gasteiger partial charge is 0.253 e. The van der Waals surface area contributed by atoms with E-state index in [-0.39, 0.29) is 24.2 Å². The molecule has 0 fully saturated rings. The molecule has 0 saturated carbocycles. The van der Waals surface area contributed by atoms with Crippen molar-refractivity contribution in [1.82, 2.24) is 15.2 Å². The number of imidazole rings is 1. The summed E-state index contributed by atoms with van der Waals surface area (Å²) in [4.78, 5) is 24.1. The summed E-state index contributed by atoms with van der Waals surface area (Å²) in [5, 5.41) is 6.10. The van der Waals surface area contributed by atoms with Crippen molar-refractivity contribution >= 4 is 11.8 Å². The number of carbonyl (C=O) groups is 2. The van der Waals surface area contributed by atoms with Crippen LogP contribution in [0.15, 0.2) is 12.4 Å². The van der Waals surface area contributed by atoms with E-state index in [1.807, 2.05) is 0 Å². The Morgan fingerprint density at radius 3 is 1.71 bits per heavy atom. The quantitative estimate of drug-likeness (QED) is 0.185. The van der Waals surface area contributed by atoms with Crippen LogP contribution in [0.25, 0.3) is 0 Å². The van der Waals surface area contributed by atoms with Crippen LogP contribution in [0.5, 0.6) is 0 Å². The van der Waals surface area contributed by atoms with Gasteiger partial charge >= 0.3 is 0 Å². The zero-order valence-corrected chi connectivity index (χ0v) is 23.6. The van der Waals surface area contributed by atoms with Gasteiger partial charge in [-0.05, 0) is 12.8 Å².